The van der Waals surface area contributed by atoms with E-state index in [2.05, 4.69) is 73.9 Å². The number of allylic oxidation sites excluding steroid dienone is 1. The van der Waals surface area contributed by atoms with Crippen LogP contribution in [0.3, 0.4) is 0 Å². The van der Waals surface area contributed by atoms with Crippen molar-refractivity contribution in [3.05, 3.63) is 66.0 Å². The van der Waals surface area contributed by atoms with Crippen molar-refractivity contribution in [1.82, 2.24) is 10.2 Å². The Kier molecular flexibility index (Phi) is 8.08. The second-order valence-electron chi connectivity index (χ2n) is 7.18. The van der Waals surface area contributed by atoms with E-state index in [-0.39, 0.29) is 12.5 Å². The average molecular weight is 381 g/mol. The predicted molar refractivity (Wildman–Crippen MR) is 118 cm³/mol. The van der Waals surface area contributed by atoms with Crippen LogP contribution in [0.25, 0.3) is 11.1 Å². The fraction of sp³-hybridized carbons (Fsp3) is 0.348. The number of hydrogen-bond donors (Lipinski definition) is 3. The van der Waals surface area contributed by atoms with Gasteiger partial charge in [0.05, 0.1) is 12.4 Å². The van der Waals surface area contributed by atoms with Crippen LogP contribution in [0.15, 0.2) is 60.4 Å². The number of rotatable bonds is 9. The molecule has 0 bridgehead atoms. The Morgan fingerprint density at radius 3 is 2.46 bits per heavy atom. The monoisotopic (exact) mass is 380 g/mol. The van der Waals surface area contributed by atoms with Crippen LogP contribution in [0, 0.1) is 0 Å². The smallest absolute Gasteiger partial charge is 0.236 e. The summed E-state index contributed by atoms with van der Waals surface area (Å²) in [5.41, 5.74) is 9.82. The van der Waals surface area contributed by atoms with E-state index >= 15 is 0 Å². The molecule has 0 heterocycles. The van der Waals surface area contributed by atoms with E-state index in [1.807, 2.05) is 12.1 Å². The number of nitrogens with two attached hydrogens (primary N) is 1. The number of nitrogens with zero attached hydrogens (tertiary/aromatic N) is 1. The van der Waals surface area contributed by atoms with Crippen LogP contribution < -0.4 is 16.4 Å². The molecule has 0 unspecified atom stereocenters. The summed E-state index contributed by atoms with van der Waals surface area (Å²) in [4.78, 5) is 13.3. The van der Waals surface area contributed by atoms with Gasteiger partial charge in [0.25, 0.3) is 0 Å². The Balaban J connectivity index is 2.11. The average Bonchev–Trinajstić information content (AvgIpc) is 2.67. The first-order valence-electron chi connectivity index (χ1n) is 9.80. The molecule has 0 fully saturated rings. The molecule has 0 aliphatic heterocycles. The molecule has 150 valence electrons. The van der Waals surface area contributed by atoms with Gasteiger partial charge in [-0.1, -0.05) is 37.3 Å². The van der Waals surface area contributed by atoms with Gasteiger partial charge in [0, 0.05) is 25.3 Å². The van der Waals surface area contributed by atoms with E-state index in [0.29, 0.717) is 12.6 Å². The predicted octanol–water partition coefficient (Wildman–Crippen LogP) is 3.93. The molecular formula is C23H32N4O. The minimum Gasteiger partial charge on any atom is -0.370 e. The summed E-state index contributed by atoms with van der Waals surface area (Å²) < 4.78 is 0. The number of carbonyl (C=O) groups is 1. The van der Waals surface area contributed by atoms with Gasteiger partial charge in [-0.2, -0.15) is 0 Å². The van der Waals surface area contributed by atoms with Crippen LogP contribution in [0.5, 0.6) is 0 Å². The normalized spacial score (nSPS) is 11.4. The van der Waals surface area contributed by atoms with Crippen molar-refractivity contribution in [2.24, 2.45) is 5.73 Å². The first kappa shape index (κ1) is 21.5. The molecule has 2 rings (SSSR count). The zero-order valence-corrected chi connectivity index (χ0v) is 17.3. The Morgan fingerprint density at radius 1 is 1.14 bits per heavy atom. The molecule has 5 heteroatoms. The lowest BCUT2D eigenvalue weighted by molar-refractivity contribution is -0.128. The molecule has 0 spiro atoms. The van der Waals surface area contributed by atoms with Gasteiger partial charge in [0.1, 0.15) is 0 Å². The molecule has 0 aliphatic rings. The van der Waals surface area contributed by atoms with Crippen molar-refractivity contribution in [3.63, 3.8) is 0 Å². The van der Waals surface area contributed by atoms with Gasteiger partial charge in [0.2, 0.25) is 5.91 Å². The highest BCUT2D eigenvalue weighted by molar-refractivity contribution is 5.77. The zero-order chi connectivity index (χ0) is 20.5. The standard InChI is InChI=1S/C23H32N4O/c1-5-7-22(25-17(2)3)26-21-12-10-19(11-13-21)20-9-6-8-18(14-20)16-27(4)23(28)15-24/h6-14,17,25-26H,5,15-16,24H2,1-4H3/b22-7+. The van der Waals surface area contributed by atoms with Crippen molar-refractivity contribution in [3.8, 4) is 11.1 Å². The minimum atomic E-state index is -0.0632. The van der Waals surface area contributed by atoms with Crippen LogP contribution in [0.2, 0.25) is 0 Å². The first-order valence-corrected chi connectivity index (χ1v) is 9.80. The number of nitrogens with one attached hydrogen (secondary N) is 2. The highest BCUT2D eigenvalue weighted by atomic mass is 16.2. The van der Waals surface area contributed by atoms with Gasteiger partial charge in [-0.3, -0.25) is 4.79 Å². The van der Waals surface area contributed by atoms with Crippen LogP contribution in [-0.4, -0.2) is 30.4 Å². The van der Waals surface area contributed by atoms with Crippen LogP contribution in [-0.2, 0) is 11.3 Å². The third kappa shape index (κ3) is 6.43. The van der Waals surface area contributed by atoms with Gasteiger partial charge >= 0.3 is 0 Å². The van der Waals surface area contributed by atoms with Gasteiger partial charge in [-0.15, -0.1) is 0 Å². The molecule has 4 N–H and O–H groups in total. The lowest BCUT2D eigenvalue weighted by Crippen LogP contribution is -2.32. The third-order valence-corrected chi connectivity index (χ3v) is 4.30. The molecule has 0 aromatic heterocycles. The summed E-state index contributed by atoms with van der Waals surface area (Å²) in [6.45, 7) is 6.96. The molecule has 2 aromatic rings. The van der Waals surface area contributed by atoms with Crippen LogP contribution in [0.1, 0.15) is 32.8 Å². The topological polar surface area (TPSA) is 70.4 Å². The number of likely N-dealkylation sites (N-methyl/N-ethyl adjacent to an activating group) is 1. The minimum absolute atomic E-state index is 0.0325. The lowest BCUT2D eigenvalue weighted by atomic mass is 10.0. The summed E-state index contributed by atoms with van der Waals surface area (Å²) in [7, 11) is 1.77. The fourth-order valence-electron chi connectivity index (χ4n) is 2.93. The molecule has 1 amide bonds. The molecular weight excluding hydrogens is 348 g/mol. The molecule has 2 aromatic carbocycles. The van der Waals surface area contributed by atoms with Crippen molar-refractivity contribution < 1.29 is 4.79 Å². The van der Waals surface area contributed by atoms with E-state index in [4.69, 9.17) is 5.73 Å². The van der Waals surface area contributed by atoms with Crippen molar-refractivity contribution in [2.75, 3.05) is 18.9 Å². The largest absolute Gasteiger partial charge is 0.370 e. The number of amides is 1. The Morgan fingerprint density at radius 2 is 1.86 bits per heavy atom. The third-order valence-electron chi connectivity index (χ3n) is 4.30. The van der Waals surface area contributed by atoms with Gasteiger partial charge in [-0.05, 0) is 61.2 Å². The number of benzene rings is 2. The van der Waals surface area contributed by atoms with E-state index in [9.17, 15) is 4.79 Å². The molecule has 0 atom stereocenters. The summed E-state index contributed by atoms with van der Waals surface area (Å²) >= 11 is 0. The number of hydrogen-bond acceptors (Lipinski definition) is 4. The van der Waals surface area contributed by atoms with E-state index < -0.39 is 0 Å². The summed E-state index contributed by atoms with van der Waals surface area (Å²) in [6, 6.07) is 17.0. The fourth-order valence-corrected chi connectivity index (χ4v) is 2.93. The SMILES string of the molecule is CC/C=C(/Nc1ccc(-c2cccc(CN(C)C(=O)CN)c2)cc1)NC(C)C. The van der Waals surface area contributed by atoms with Crippen LogP contribution >= 0.6 is 0 Å². The van der Waals surface area contributed by atoms with Gasteiger partial charge in [0.15, 0.2) is 0 Å². The molecule has 0 saturated carbocycles. The van der Waals surface area contributed by atoms with Gasteiger partial charge < -0.3 is 21.3 Å². The highest BCUT2D eigenvalue weighted by Gasteiger charge is 2.08. The summed E-state index contributed by atoms with van der Waals surface area (Å²) in [6.07, 6.45) is 3.12. The quantitative estimate of drug-likeness (QED) is 0.616. The molecule has 0 saturated heterocycles. The van der Waals surface area contributed by atoms with Gasteiger partial charge in [-0.25, -0.2) is 0 Å². The molecule has 0 radical (unpaired) electrons. The van der Waals surface area contributed by atoms with E-state index in [1.165, 1.54) is 0 Å². The Hall–Kier alpha value is -2.79. The number of anilines is 1. The second-order valence-corrected chi connectivity index (χ2v) is 7.18. The maximum absolute atomic E-state index is 11.7. The van der Waals surface area contributed by atoms with E-state index in [1.54, 1.807) is 11.9 Å². The summed E-state index contributed by atoms with van der Waals surface area (Å²) in [5.74, 6) is 0.964. The zero-order valence-electron chi connectivity index (χ0n) is 17.3. The molecule has 28 heavy (non-hydrogen) atoms. The molecule has 0 aliphatic carbocycles. The second kappa shape index (κ2) is 10.5. The molecule has 5 nitrogen and oxygen atoms in total. The van der Waals surface area contributed by atoms with Crippen LogP contribution in [0.4, 0.5) is 5.69 Å². The first-order chi connectivity index (χ1) is 13.4. The maximum atomic E-state index is 11.7. The lowest BCUT2D eigenvalue weighted by Gasteiger charge is -2.17. The van der Waals surface area contributed by atoms with Crippen molar-refractivity contribution in [2.45, 2.75) is 39.8 Å². The Labute approximate surface area is 168 Å². The summed E-state index contributed by atoms with van der Waals surface area (Å²) in [5, 5.41) is 6.86. The van der Waals surface area contributed by atoms with E-state index in [0.717, 1.165) is 34.6 Å². The Bertz CT molecular complexity index is 797. The maximum Gasteiger partial charge on any atom is 0.236 e. The van der Waals surface area contributed by atoms with Crippen molar-refractivity contribution >= 4 is 11.6 Å². The van der Waals surface area contributed by atoms with Crippen molar-refractivity contribution in [1.29, 1.82) is 0 Å². The number of carbonyl (C=O) groups excluding carboxylic acids is 1. The highest BCUT2D eigenvalue weighted by Crippen LogP contribution is 2.23.